The molecule has 1 atom stereocenters. The highest BCUT2D eigenvalue weighted by atomic mass is 31.2. The van der Waals surface area contributed by atoms with Crippen molar-refractivity contribution in [3.8, 4) is 5.69 Å². The van der Waals surface area contributed by atoms with Crippen LogP contribution in [0.25, 0.3) is 5.69 Å². The lowest BCUT2D eigenvalue weighted by molar-refractivity contribution is 0.577. The third-order valence-corrected chi connectivity index (χ3v) is 11.0. The van der Waals surface area contributed by atoms with Gasteiger partial charge in [0, 0.05) is 10.6 Å². The Hall–Kier alpha value is -3.78. The Morgan fingerprint density at radius 2 is 1.14 bits per heavy atom. The number of benzene rings is 4. The second kappa shape index (κ2) is 10.1. The Kier molecular flexibility index (Phi) is 6.69. The van der Waals surface area contributed by atoms with Gasteiger partial charge in [-0.15, -0.1) is 4.33 Å². The molecule has 0 aliphatic rings. The molecule has 0 amide bonds. The maximum absolute atomic E-state index is 15.2. The van der Waals surface area contributed by atoms with Crippen LogP contribution in [0.15, 0.2) is 126 Å². The minimum atomic E-state index is -3.62. The van der Waals surface area contributed by atoms with Crippen LogP contribution in [0.5, 0.6) is 0 Å². The maximum atomic E-state index is 15.2. The van der Waals surface area contributed by atoms with Gasteiger partial charge >= 0.3 is 13.3 Å². The fraction of sp³-hybridized carbons (Fsp3) is 0.0690. The summed E-state index contributed by atoms with van der Waals surface area (Å²) < 4.78 is 32.2. The van der Waals surface area contributed by atoms with Gasteiger partial charge < -0.3 is 4.57 Å². The fourth-order valence-corrected chi connectivity index (χ4v) is 9.00. The number of hydrogen-bond acceptors (Lipinski definition) is 3. The highest BCUT2D eigenvalue weighted by Crippen LogP contribution is 2.43. The van der Waals surface area contributed by atoms with Crippen LogP contribution in [0, 0.1) is 6.92 Å². The molecule has 1 heterocycles. The standard InChI is InChI=1S/C29H25N2O3P2/c1-23-28(36(34,26-18-10-4-11-19-26)27-20-12-5-13-21-27)29(32)31(25-16-8-3-9-17-25)35(33)30(23)22-24-14-6-2-7-15-24/h2-21H,22H2,1H3/q+1. The molecule has 5 rings (SSSR count). The second-order valence-electron chi connectivity index (χ2n) is 8.46. The van der Waals surface area contributed by atoms with Gasteiger partial charge in [-0.2, -0.15) is 0 Å². The van der Waals surface area contributed by atoms with Gasteiger partial charge in [0.05, 0.1) is 17.9 Å². The molecular weight excluding hydrogens is 486 g/mol. The highest BCUT2D eigenvalue weighted by molar-refractivity contribution is 7.85. The van der Waals surface area contributed by atoms with Gasteiger partial charge in [-0.05, 0) is 29.2 Å². The number of aromatic nitrogens is 2. The number of para-hydroxylation sites is 1. The first kappa shape index (κ1) is 23.9. The summed E-state index contributed by atoms with van der Waals surface area (Å²) >= 11 is 0. The molecule has 0 spiro atoms. The van der Waals surface area contributed by atoms with E-state index in [-0.39, 0.29) is 5.30 Å². The molecule has 0 N–H and O–H groups in total. The second-order valence-corrected chi connectivity index (χ2v) is 12.5. The van der Waals surface area contributed by atoms with E-state index in [0.717, 1.165) is 5.56 Å². The summed E-state index contributed by atoms with van der Waals surface area (Å²) in [6.45, 7) is 2.07. The molecule has 0 fully saturated rings. The summed E-state index contributed by atoms with van der Waals surface area (Å²) in [4.78, 5) is 14.2. The van der Waals surface area contributed by atoms with E-state index in [9.17, 15) is 9.36 Å². The number of nitrogens with zero attached hydrogens (tertiary/aromatic N) is 2. The summed E-state index contributed by atoms with van der Waals surface area (Å²) in [5, 5.41) is 1.29. The Balaban J connectivity index is 1.91. The van der Waals surface area contributed by atoms with E-state index >= 15 is 4.57 Å². The maximum Gasteiger partial charge on any atom is 0.603 e. The fourth-order valence-electron chi connectivity index (χ4n) is 4.46. The van der Waals surface area contributed by atoms with E-state index in [1.807, 2.05) is 72.8 Å². The molecular formula is C29H25N2O3P2+. The van der Waals surface area contributed by atoms with Crippen molar-refractivity contribution in [1.29, 1.82) is 0 Å². The van der Waals surface area contributed by atoms with Crippen molar-refractivity contribution in [2.24, 2.45) is 0 Å². The van der Waals surface area contributed by atoms with Crippen molar-refractivity contribution in [2.45, 2.75) is 13.5 Å². The minimum absolute atomic E-state index is 0.175. The topological polar surface area (TPSA) is 61.1 Å². The molecule has 0 radical (unpaired) electrons. The monoisotopic (exact) mass is 511 g/mol. The quantitative estimate of drug-likeness (QED) is 0.288. The van der Waals surface area contributed by atoms with Gasteiger partial charge in [-0.3, -0.25) is 4.79 Å². The molecule has 7 heteroatoms. The van der Waals surface area contributed by atoms with Crippen molar-refractivity contribution >= 4 is 30.8 Å². The molecule has 0 aliphatic heterocycles. The predicted molar refractivity (Wildman–Crippen MR) is 147 cm³/mol. The Labute approximate surface area is 210 Å². The van der Waals surface area contributed by atoms with Crippen LogP contribution < -0.4 is 21.5 Å². The summed E-state index contributed by atoms with van der Waals surface area (Å²) in [6.07, 6.45) is 0. The van der Waals surface area contributed by atoms with Crippen molar-refractivity contribution < 1.29 is 9.13 Å². The van der Waals surface area contributed by atoms with Crippen molar-refractivity contribution in [2.75, 3.05) is 0 Å². The van der Waals surface area contributed by atoms with E-state index in [2.05, 4.69) is 0 Å². The average Bonchev–Trinajstić information content (AvgIpc) is 2.93. The van der Waals surface area contributed by atoms with Gasteiger partial charge in [0.25, 0.3) is 0 Å². The lowest BCUT2D eigenvalue weighted by Gasteiger charge is -2.21. The molecule has 1 unspecified atom stereocenters. The zero-order valence-electron chi connectivity index (χ0n) is 19.8. The van der Waals surface area contributed by atoms with Crippen molar-refractivity contribution in [1.82, 2.24) is 8.66 Å². The summed E-state index contributed by atoms with van der Waals surface area (Å²) in [7, 11) is -5.94. The zero-order chi connectivity index (χ0) is 25.1. The van der Waals surface area contributed by atoms with Gasteiger partial charge in [0.15, 0.2) is 7.14 Å². The molecule has 0 bridgehead atoms. The molecule has 0 saturated heterocycles. The molecule has 5 nitrogen and oxygen atoms in total. The average molecular weight is 511 g/mol. The van der Waals surface area contributed by atoms with Gasteiger partial charge in [-0.1, -0.05) is 114 Å². The van der Waals surface area contributed by atoms with Crippen LogP contribution in [-0.4, -0.2) is 8.66 Å². The van der Waals surface area contributed by atoms with Crippen LogP contribution in [0.1, 0.15) is 11.3 Å². The Bertz CT molecular complexity index is 1620. The van der Waals surface area contributed by atoms with Crippen LogP contribution in [0.3, 0.4) is 0 Å². The molecule has 1 aromatic heterocycles. The smallest absolute Gasteiger partial charge is 0.308 e. The third-order valence-electron chi connectivity index (χ3n) is 6.23. The summed E-state index contributed by atoms with van der Waals surface area (Å²) in [5.41, 5.74) is 1.41. The number of rotatable bonds is 6. The molecule has 0 saturated carbocycles. The molecule has 178 valence electrons. The molecule has 4 aromatic carbocycles. The first-order valence-corrected chi connectivity index (χ1v) is 14.5. The Morgan fingerprint density at radius 1 is 0.694 bits per heavy atom. The third kappa shape index (κ3) is 4.22. The van der Waals surface area contributed by atoms with Crippen molar-refractivity contribution in [3.05, 3.63) is 143 Å². The van der Waals surface area contributed by atoms with Crippen LogP contribution >= 0.6 is 14.9 Å². The van der Waals surface area contributed by atoms with Crippen LogP contribution in [0.4, 0.5) is 0 Å². The largest absolute Gasteiger partial charge is 0.603 e. The van der Waals surface area contributed by atoms with Crippen LogP contribution in [-0.2, 0) is 15.7 Å². The van der Waals surface area contributed by atoms with E-state index in [1.165, 1.54) is 4.33 Å². The van der Waals surface area contributed by atoms with Gasteiger partial charge in [0.1, 0.15) is 5.30 Å². The SMILES string of the molecule is Cc1c(P(=O)(c2ccccc2)c2ccccc2)c(=O)n(-c2ccccc2)[p+](=O)n1Cc1ccccc1. The van der Waals surface area contributed by atoms with E-state index in [1.54, 1.807) is 59.8 Å². The van der Waals surface area contributed by atoms with Crippen LogP contribution in [0.2, 0.25) is 0 Å². The van der Waals surface area contributed by atoms with E-state index in [0.29, 0.717) is 28.5 Å². The zero-order valence-corrected chi connectivity index (χ0v) is 21.6. The molecule has 36 heavy (non-hydrogen) atoms. The molecule has 0 aliphatic carbocycles. The highest BCUT2D eigenvalue weighted by Gasteiger charge is 2.39. The van der Waals surface area contributed by atoms with Crippen molar-refractivity contribution in [3.63, 3.8) is 0 Å². The normalized spacial score (nSPS) is 11.9. The van der Waals surface area contributed by atoms with E-state index < -0.39 is 20.4 Å². The summed E-state index contributed by atoms with van der Waals surface area (Å²) in [5.74, 6) is 0. The van der Waals surface area contributed by atoms with E-state index in [4.69, 9.17) is 0 Å². The van der Waals surface area contributed by atoms with Gasteiger partial charge in [-0.25, -0.2) is 0 Å². The first-order valence-electron chi connectivity index (χ1n) is 11.6. The first-order chi connectivity index (χ1) is 17.5. The predicted octanol–water partition coefficient (Wildman–Crippen LogP) is 5.38. The lowest BCUT2D eigenvalue weighted by atomic mass is 10.2. The summed E-state index contributed by atoms with van der Waals surface area (Å²) in [6, 6.07) is 36.8. The number of hydrogen-bond donors (Lipinski definition) is 0. The van der Waals surface area contributed by atoms with Gasteiger partial charge in [0.2, 0.25) is 0 Å². The molecule has 5 aromatic rings. The lowest BCUT2D eigenvalue weighted by Crippen LogP contribution is -2.42. The Morgan fingerprint density at radius 3 is 1.64 bits per heavy atom. The minimum Gasteiger partial charge on any atom is -0.308 e.